The lowest BCUT2D eigenvalue weighted by molar-refractivity contribution is 0.100. The number of nitrogens with zero attached hydrogens (tertiary/aromatic N) is 2. The van der Waals surface area contributed by atoms with E-state index < -0.39 is 5.91 Å². The molecule has 29 heavy (non-hydrogen) atoms. The van der Waals surface area contributed by atoms with Crippen LogP contribution in [0.3, 0.4) is 0 Å². The number of carbonyl (C=O) groups excluding carboxylic acids is 1. The number of anilines is 1. The van der Waals surface area contributed by atoms with Gasteiger partial charge in [-0.2, -0.15) is 0 Å². The number of aromatic nitrogens is 2. The van der Waals surface area contributed by atoms with Crippen molar-refractivity contribution in [1.82, 2.24) is 9.55 Å². The smallest absolute Gasteiger partial charge is 0.250 e. The lowest BCUT2D eigenvalue weighted by atomic mass is 9.92. The molecule has 1 aromatic carbocycles. The van der Waals surface area contributed by atoms with Crippen molar-refractivity contribution in [1.29, 1.82) is 0 Å². The minimum atomic E-state index is -0.446. The summed E-state index contributed by atoms with van der Waals surface area (Å²) in [4.78, 5) is 16.1. The van der Waals surface area contributed by atoms with Crippen LogP contribution in [0.1, 0.15) is 47.3 Å². The van der Waals surface area contributed by atoms with E-state index >= 15 is 0 Å². The Kier molecular flexibility index (Phi) is 5.62. The standard InChI is InChI=1S/C23H26N4O2/c24-23(29)21-10-7-19(14-22(21)26-17-5-8-20(28)9-6-17)27-12-2-4-18(27)13-16-3-1-11-25-15-16/h1-4,7,10-12,14-15,17,20,26,28H,5-6,8-9,13H2,(H2,24,29). The Hall–Kier alpha value is -3.12. The van der Waals surface area contributed by atoms with Gasteiger partial charge in [0.05, 0.1) is 11.7 Å². The highest BCUT2D eigenvalue weighted by Crippen LogP contribution is 2.27. The summed E-state index contributed by atoms with van der Waals surface area (Å²) in [6.45, 7) is 0. The maximum absolute atomic E-state index is 11.9. The average Bonchev–Trinajstić information content (AvgIpc) is 3.18. The maximum atomic E-state index is 11.9. The molecule has 1 amide bonds. The van der Waals surface area contributed by atoms with Gasteiger partial charge in [-0.3, -0.25) is 9.78 Å². The first-order chi connectivity index (χ1) is 14.1. The first-order valence-electron chi connectivity index (χ1n) is 10.0. The lowest BCUT2D eigenvalue weighted by Crippen LogP contribution is -2.29. The van der Waals surface area contributed by atoms with Crippen LogP contribution in [0.5, 0.6) is 0 Å². The molecule has 6 nitrogen and oxygen atoms in total. The summed E-state index contributed by atoms with van der Waals surface area (Å²) in [5.41, 5.74) is 10.1. The van der Waals surface area contributed by atoms with Crippen LogP contribution in [0.2, 0.25) is 0 Å². The largest absolute Gasteiger partial charge is 0.393 e. The van der Waals surface area contributed by atoms with Crippen molar-refractivity contribution in [3.05, 3.63) is 77.9 Å². The average molecular weight is 390 g/mol. The Morgan fingerprint density at radius 2 is 2.00 bits per heavy atom. The van der Waals surface area contributed by atoms with Gasteiger partial charge in [0.25, 0.3) is 5.91 Å². The number of amides is 1. The van der Waals surface area contributed by atoms with Gasteiger partial charge in [-0.05, 0) is 67.6 Å². The Morgan fingerprint density at radius 3 is 2.72 bits per heavy atom. The summed E-state index contributed by atoms with van der Waals surface area (Å²) in [5, 5.41) is 13.2. The van der Waals surface area contributed by atoms with E-state index in [1.807, 2.05) is 36.7 Å². The van der Waals surface area contributed by atoms with Crippen molar-refractivity contribution in [2.45, 2.75) is 44.2 Å². The molecule has 0 radical (unpaired) electrons. The number of carbonyl (C=O) groups is 1. The molecule has 0 spiro atoms. The molecule has 3 aromatic rings. The lowest BCUT2D eigenvalue weighted by Gasteiger charge is -2.28. The zero-order valence-electron chi connectivity index (χ0n) is 16.3. The summed E-state index contributed by atoms with van der Waals surface area (Å²) in [7, 11) is 0. The molecule has 2 aromatic heterocycles. The van der Waals surface area contributed by atoms with Gasteiger partial charge >= 0.3 is 0 Å². The third-order valence-corrected chi connectivity index (χ3v) is 5.54. The molecular formula is C23H26N4O2. The number of nitrogens with one attached hydrogen (secondary N) is 1. The van der Waals surface area contributed by atoms with Gasteiger partial charge in [0.15, 0.2) is 0 Å². The van der Waals surface area contributed by atoms with E-state index in [1.54, 1.807) is 12.3 Å². The van der Waals surface area contributed by atoms with Crippen LogP contribution in [0.4, 0.5) is 5.69 Å². The van der Waals surface area contributed by atoms with E-state index in [9.17, 15) is 9.90 Å². The molecule has 0 unspecified atom stereocenters. The minimum absolute atomic E-state index is 0.218. The van der Waals surface area contributed by atoms with Crippen LogP contribution in [0.25, 0.3) is 5.69 Å². The summed E-state index contributed by atoms with van der Waals surface area (Å²) < 4.78 is 2.12. The number of hydrogen-bond donors (Lipinski definition) is 3. The number of aliphatic hydroxyl groups excluding tert-OH is 1. The van der Waals surface area contributed by atoms with Crippen LogP contribution in [-0.2, 0) is 6.42 Å². The molecule has 0 saturated heterocycles. The summed E-state index contributed by atoms with van der Waals surface area (Å²) >= 11 is 0. The van der Waals surface area contributed by atoms with Gasteiger partial charge < -0.3 is 20.7 Å². The Morgan fingerprint density at radius 1 is 1.17 bits per heavy atom. The zero-order chi connectivity index (χ0) is 20.2. The quantitative estimate of drug-likeness (QED) is 0.602. The molecule has 4 rings (SSSR count). The maximum Gasteiger partial charge on any atom is 0.250 e. The molecule has 150 valence electrons. The van der Waals surface area contributed by atoms with Crippen LogP contribution < -0.4 is 11.1 Å². The fraction of sp³-hybridized carbons (Fsp3) is 0.304. The first-order valence-corrected chi connectivity index (χ1v) is 10.0. The van der Waals surface area contributed by atoms with Crippen LogP contribution >= 0.6 is 0 Å². The normalized spacial score (nSPS) is 19.1. The van der Waals surface area contributed by atoms with Gasteiger partial charge in [-0.25, -0.2) is 0 Å². The Labute approximate surface area is 170 Å². The van der Waals surface area contributed by atoms with Crippen molar-refractivity contribution < 1.29 is 9.90 Å². The van der Waals surface area contributed by atoms with Gasteiger partial charge in [-0.15, -0.1) is 0 Å². The van der Waals surface area contributed by atoms with E-state index in [1.165, 1.54) is 0 Å². The SMILES string of the molecule is NC(=O)c1ccc(-n2cccc2Cc2cccnc2)cc1NC1CCC(O)CC1. The molecule has 4 N–H and O–H groups in total. The van der Waals surface area contributed by atoms with Crippen LogP contribution in [0, 0.1) is 0 Å². The van der Waals surface area contributed by atoms with Gasteiger partial charge in [0.1, 0.15) is 0 Å². The summed E-state index contributed by atoms with van der Waals surface area (Å²) in [5.74, 6) is -0.446. The third-order valence-electron chi connectivity index (χ3n) is 5.54. The molecule has 1 saturated carbocycles. The highest BCUT2D eigenvalue weighted by molar-refractivity contribution is 5.99. The van der Waals surface area contributed by atoms with Crippen molar-refractivity contribution in [3.63, 3.8) is 0 Å². The van der Waals surface area contributed by atoms with Crippen LogP contribution in [-0.4, -0.2) is 32.7 Å². The zero-order valence-corrected chi connectivity index (χ0v) is 16.3. The predicted molar refractivity (Wildman–Crippen MR) is 113 cm³/mol. The van der Waals surface area contributed by atoms with Crippen LogP contribution in [0.15, 0.2) is 61.1 Å². The molecular weight excluding hydrogens is 364 g/mol. The van der Waals surface area contributed by atoms with Crippen molar-refractivity contribution in [3.8, 4) is 5.69 Å². The van der Waals surface area contributed by atoms with E-state index in [-0.39, 0.29) is 12.1 Å². The fourth-order valence-electron chi connectivity index (χ4n) is 3.98. The first kappa shape index (κ1) is 19.2. The Bertz CT molecular complexity index is 976. The third kappa shape index (κ3) is 4.49. The van der Waals surface area contributed by atoms with Gasteiger partial charge in [0.2, 0.25) is 0 Å². The number of rotatable bonds is 6. The second-order valence-electron chi connectivity index (χ2n) is 7.65. The van der Waals surface area contributed by atoms with Crippen molar-refractivity contribution in [2.75, 3.05) is 5.32 Å². The summed E-state index contributed by atoms with van der Waals surface area (Å²) in [6.07, 6.45) is 9.51. The number of primary amides is 1. The highest BCUT2D eigenvalue weighted by Gasteiger charge is 2.21. The molecule has 1 fully saturated rings. The predicted octanol–water partition coefficient (Wildman–Crippen LogP) is 3.28. The highest BCUT2D eigenvalue weighted by atomic mass is 16.3. The minimum Gasteiger partial charge on any atom is -0.393 e. The number of hydrogen-bond acceptors (Lipinski definition) is 4. The van der Waals surface area contributed by atoms with E-state index in [4.69, 9.17) is 5.73 Å². The molecule has 1 aliphatic carbocycles. The summed E-state index contributed by atoms with van der Waals surface area (Å²) in [6, 6.07) is 14.0. The molecule has 0 bridgehead atoms. The number of pyridine rings is 1. The number of benzene rings is 1. The number of aliphatic hydroxyl groups is 1. The van der Waals surface area contributed by atoms with Crippen molar-refractivity contribution in [2.24, 2.45) is 5.73 Å². The fourth-order valence-corrected chi connectivity index (χ4v) is 3.98. The van der Waals surface area contributed by atoms with Crippen molar-refractivity contribution >= 4 is 11.6 Å². The van der Waals surface area contributed by atoms with E-state index in [0.717, 1.165) is 54.7 Å². The molecule has 6 heteroatoms. The van der Waals surface area contributed by atoms with Gasteiger partial charge in [0, 0.05) is 48.1 Å². The molecule has 0 atom stereocenters. The topological polar surface area (TPSA) is 93.2 Å². The number of nitrogens with two attached hydrogens (primary N) is 1. The van der Waals surface area contributed by atoms with Gasteiger partial charge in [-0.1, -0.05) is 6.07 Å². The molecule has 0 aliphatic heterocycles. The van der Waals surface area contributed by atoms with E-state index in [0.29, 0.717) is 5.56 Å². The second-order valence-corrected chi connectivity index (χ2v) is 7.65. The Balaban J connectivity index is 1.62. The second kappa shape index (κ2) is 8.49. The molecule has 1 aliphatic rings. The molecule has 2 heterocycles. The van der Waals surface area contributed by atoms with E-state index in [2.05, 4.69) is 27.0 Å². The monoisotopic (exact) mass is 390 g/mol.